The van der Waals surface area contributed by atoms with Crippen LogP contribution in [0.25, 0.3) is 0 Å². The highest BCUT2D eigenvalue weighted by Crippen LogP contribution is 2.35. The second-order valence-electron chi connectivity index (χ2n) is 5.19. The number of amidine groups is 1. The number of benzene rings is 1. The Balaban J connectivity index is 2.01. The van der Waals surface area contributed by atoms with Crippen LogP contribution in [-0.4, -0.2) is 29.7 Å². The Labute approximate surface area is 124 Å². The molecule has 1 aromatic rings. The maximum atomic E-state index is 6.11. The van der Waals surface area contributed by atoms with Crippen molar-refractivity contribution in [3.05, 3.63) is 47.0 Å². The zero-order chi connectivity index (χ0) is 14.1. The van der Waals surface area contributed by atoms with Crippen molar-refractivity contribution in [1.29, 1.82) is 0 Å². The van der Waals surface area contributed by atoms with E-state index in [2.05, 4.69) is 37.0 Å². The third kappa shape index (κ3) is 2.38. The van der Waals surface area contributed by atoms with Gasteiger partial charge in [-0.1, -0.05) is 35.9 Å². The monoisotopic (exact) mass is 287 g/mol. The number of hydrogen-bond donors (Lipinski definition) is 0. The SMILES string of the molecule is CCN1C=NC(c2cccc(Cl)c2)C2C=CC(C)N=C21. The van der Waals surface area contributed by atoms with E-state index in [1.165, 1.54) is 0 Å². The van der Waals surface area contributed by atoms with E-state index in [0.29, 0.717) is 0 Å². The molecule has 0 radical (unpaired) electrons. The maximum Gasteiger partial charge on any atom is 0.114 e. The maximum absolute atomic E-state index is 6.11. The molecule has 3 atom stereocenters. The molecule has 0 saturated heterocycles. The van der Waals surface area contributed by atoms with Gasteiger partial charge < -0.3 is 4.90 Å². The number of aliphatic imine (C=N–C) groups is 2. The first kappa shape index (κ1) is 13.4. The van der Waals surface area contributed by atoms with Gasteiger partial charge in [-0.2, -0.15) is 0 Å². The minimum atomic E-state index is 0.0685. The molecule has 0 saturated carbocycles. The quantitative estimate of drug-likeness (QED) is 0.762. The fourth-order valence-corrected chi connectivity index (χ4v) is 2.95. The summed E-state index contributed by atoms with van der Waals surface area (Å²) in [7, 11) is 0. The molecule has 4 heteroatoms. The number of dihydropyridines is 1. The molecule has 0 amide bonds. The van der Waals surface area contributed by atoms with Gasteiger partial charge in [0.2, 0.25) is 0 Å². The van der Waals surface area contributed by atoms with Gasteiger partial charge in [0.1, 0.15) is 5.84 Å². The lowest BCUT2D eigenvalue weighted by molar-refractivity contribution is 0.509. The van der Waals surface area contributed by atoms with Gasteiger partial charge in [-0.25, -0.2) is 0 Å². The number of hydrogen-bond acceptors (Lipinski definition) is 3. The van der Waals surface area contributed by atoms with E-state index in [0.717, 1.165) is 23.0 Å². The van der Waals surface area contributed by atoms with Gasteiger partial charge in [-0.3, -0.25) is 9.98 Å². The highest BCUT2D eigenvalue weighted by Gasteiger charge is 2.33. The van der Waals surface area contributed by atoms with Gasteiger partial charge >= 0.3 is 0 Å². The molecule has 3 unspecified atom stereocenters. The molecule has 3 rings (SSSR count). The van der Waals surface area contributed by atoms with E-state index >= 15 is 0 Å². The molecule has 20 heavy (non-hydrogen) atoms. The van der Waals surface area contributed by atoms with Crippen LogP contribution in [0.4, 0.5) is 0 Å². The molecule has 104 valence electrons. The van der Waals surface area contributed by atoms with Crippen molar-refractivity contribution in [2.24, 2.45) is 15.9 Å². The normalized spacial score (nSPS) is 28.2. The van der Waals surface area contributed by atoms with Gasteiger partial charge in [-0.15, -0.1) is 0 Å². The van der Waals surface area contributed by atoms with Crippen LogP contribution in [0.2, 0.25) is 5.02 Å². The van der Waals surface area contributed by atoms with Crippen LogP contribution in [0, 0.1) is 5.92 Å². The van der Waals surface area contributed by atoms with Gasteiger partial charge in [0, 0.05) is 11.6 Å². The lowest BCUT2D eigenvalue weighted by Gasteiger charge is -2.36. The molecule has 2 heterocycles. The summed E-state index contributed by atoms with van der Waals surface area (Å²) < 4.78 is 0. The molecule has 1 aromatic carbocycles. The molecule has 2 aliphatic rings. The van der Waals surface area contributed by atoms with Crippen molar-refractivity contribution >= 4 is 23.8 Å². The molecular weight excluding hydrogens is 270 g/mol. The van der Waals surface area contributed by atoms with Crippen molar-refractivity contribution in [2.75, 3.05) is 6.54 Å². The Morgan fingerprint density at radius 2 is 2.15 bits per heavy atom. The van der Waals surface area contributed by atoms with Gasteiger partial charge in [0.15, 0.2) is 0 Å². The molecule has 0 N–H and O–H groups in total. The lowest BCUT2D eigenvalue weighted by atomic mass is 9.88. The summed E-state index contributed by atoms with van der Waals surface area (Å²) in [6.45, 7) is 5.11. The van der Waals surface area contributed by atoms with Crippen molar-refractivity contribution < 1.29 is 0 Å². The first-order valence-corrected chi connectivity index (χ1v) is 7.38. The number of rotatable bonds is 2. The topological polar surface area (TPSA) is 28.0 Å². The predicted octanol–water partition coefficient (Wildman–Crippen LogP) is 3.72. The summed E-state index contributed by atoms with van der Waals surface area (Å²) in [6, 6.07) is 8.25. The summed E-state index contributed by atoms with van der Waals surface area (Å²) in [5.41, 5.74) is 1.14. The van der Waals surface area contributed by atoms with Gasteiger partial charge in [0.05, 0.1) is 24.3 Å². The van der Waals surface area contributed by atoms with Crippen LogP contribution in [-0.2, 0) is 0 Å². The summed E-state index contributed by atoms with van der Waals surface area (Å²) in [5.74, 6) is 1.32. The second-order valence-corrected chi connectivity index (χ2v) is 5.63. The number of nitrogens with zero attached hydrogens (tertiary/aromatic N) is 3. The van der Waals surface area contributed by atoms with Crippen LogP contribution in [0.5, 0.6) is 0 Å². The average molecular weight is 288 g/mol. The Bertz CT molecular complexity index is 591. The van der Waals surface area contributed by atoms with Crippen molar-refractivity contribution in [2.45, 2.75) is 25.9 Å². The third-order valence-electron chi connectivity index (χ3n) is 3.76. The van der Waals surface area contributed by atoms with E-state index in [1.54, 1.807) is 0 Å². The number of halogens is 1. The first-order chi connectivity index (χ1) is 9.69. The first-order valence-electron chi connectivity index (χ1n) is 7.00. The van der Waals surface area contributed by atoms with E-state index < -0.39 is 0 Å². The summed E-state index contributed by atoms with van der Waals surface area (Å²) in [5, 5.41) is 0.752. The van der Waals surface area contributed by atoms with E-state index in [-0.39, 0.29) is 18.0 Å². The molecule has 3 nitrogen and oxygen atoms in total. The molecule has 0 bridgehead atoms. The van der Waals surface area contributed by atoms with Crippen molar-refractivity contribution in [3.8, 4) is 0 Å². The Hall–Kier alpha value is -1.61. The zero-order valence-electron chi connectivity index (χ0n) is 11.7. The van der Waals surface area contributed by atoms with E-state index in [1.807, 2.05) is 24.5 Å². The largest absolute Gasteiger partial charge is 0.321 e. The van der Waals surface area contributed by atoms with Crippen LogP contribution < -0.4 is 0 Å². The molecule has 2 aliphatic heterocycles. The smallest absolute Gasteiger partial charge is 0.114 e. The summed E-state index contributed by atoms with van der Waals surface area (Å²) >= 11 is 6.11. The zero-order valence-corrected chi connectivity index (χ0v) is 12.5. The van der Waals surface area contributed by atoms with E-state index in [4.69, 9.17) is 21.6 Å². The molecule has 0 aromatic heterocycles. The second kappa shape index (κ2) is 5.41. The summed E-state index contributed by atoms with van der Waals surface area (Å²) in [4.78, 5) is 11.6. The Morgan fingerprint density at radius 3 is 2.90 bits per heavy atom. The Kier molecular flexibility index (Phi) is 3.62. The molecule has 0 aliphatic carbocycles. The average Bonchev–Trinajstić information content (AvgIpc) is 2.46. The fourth-order valence-electron chi connectivity index (χ4n) is 2.75. The Morgan fingerprint density at radius 1 is 1.30 bits per heavy atom. The molecule has 0 fully saturated rings. The minimum absolute atomic E-state index is 0.0685. The van der Waals surface area contributed by atoms with Gasteiger partial charge in [-0.05, 0) is 31.5 Å². The highest BCUT2D eigenvalue weighted by molar-refractivity contribution is 6.30. The van der Waals surface area contributed by atoms with E-state index in [9.17, 15) is 0 Å². The van der Waals surface area contributed by atoms with Crippen LogP contribution in [0.3, 0.4) is 0 Å². The van der Waals surface area contributed by atoms with Crippen molar-refractivity contribution in [1.82, 2.24) is 4.90 Å². The lowest BCUT2D eigenvalue weighted by Crippen LogP contribution is -2.42. The van der Waals surface area contributed by atoms with Gasteiger partial charge in [0.25, 0.3) is 0 Å². The predicted molar refractivity (Wildman–Crippen MR) is 84.6 cm³/mol. The molecular formula is C16H18ClN3. The summed E-state index contributed by atoms with van der Waals surface area (Å²) in [6.07, 6.45) is 6.30. The number of fused-ring (bicyclic) bond motifs is 1. The van der Waals surface area contributed by atoms with Crippen LogP contribution in [0.15, 0.2) is 46.4 Å². The highest BCUT2D eigenvalue weighted by atomic mass is 35.5. The van der Waals surface area contributed by atoms with Crippen LogP contribution >= 0.6 is 11.6 Å². The third-order valence-corrected chi connectivity index (χ3v) is 4.00. The fraction of sp³-hybridized carbons (Fsp3) is 0.375. The molecule has 0 spiro atoms. The van der Waals surface area contributed by atoms with Crippen molar-refractivity contribution in [3.63, 3.8) is 0 Å². The minimum Gasteiger partial charge on any atom is -0.321 e. The standard InChI is InChI=1S/C16H18ClN3/c1-3-20-10-18-15(12-5-4-6-13(17)9-12)14-8-7-11(2)19-16(14)20/h4-11,14-15H,3H2,1-2H3. The van der Waals surface area contributed by atoms with Crippen LogP contribution in [0.1, 0.15) is 25.5 Å².